The predicted molar refractivity (Wildman–Crippen MR) is 85.0 cm³/mol. The molecule has 1 rings (SSSR count). The monoisotopic (exact) mass is 299 g/mol. The van der Waals surface area contributed by atoms with Gasteiger partial charge < -0.3 is 15.8 Å². The maximum absolute atomic E-state index is 6.08. The van der Waals surface area contributed by atoms with Gasteiger partial charge in [0.2, 0.25) is 0 Å². The number of hydrogen-bond acceptors (Lipinski definition) is 4. The number of nitrogens with two attached hydrogens (primary N) is 1. The fourth-order valence-corrected chi connectivity index (χ4v) is 2.53. The molecule has 0 radical (unpaired) electrons. The molecule has 0 aliphatic carbocycles. The van der Waals surface area contributed by atoms with Gasteiger partial charge in [0.05, 0.1) is 16.7 Å². The van der Waals surface area contributed by atoms with Crippen LogP contribution in [0.4, 0.5) is 5.82 Å². The van der Waals surface area contributed by atoms with Gasteiger partial charge in [0.25, 0.3) is 0 Å². The highest BCUT2D eigenvalue weighted by atomic mass is 35.5. The number of anilines is 1. The Labute approximate surface area is 127 Å². The van der Waals surface area contributed by atoms with E-state index in [1.165, 1.54) is 0 Å². The van der Waals surface area contributed by atoms with E-state index in [4.69, 9.17) is 22.1 Å². The lowest BCUT2D eigenvalue weighted by atomic mass is 9.87. The average molecular weight is 300 g/mol. The number of nitrogen functional groups attached to an aromatic ring is 1. The highest BCUT2D eigenvalue weighted by molar-refractivity contribution is 6.30. The zero-order valence-electron chi connectivity index (χ0n) is 12.9. The second-order valence-corrected chi connectivity index (χ2v) is 5.55. The molecule has 0 saturated heterocycles. The van der Waals surface area contributed by atoms with E-state index in [0.29, 0.717) is 17.4 Å². The normalized spacial score (nSPS) is 15.8. The lowest BCUT2D eigenvalue weighted by Crippen LogP contribution is -2.44. The van der Waals surface area contributed by atoms with Crippen molar-refractivity contribution >= 4 is 17.4 Å². The van der Waals surface area contributed by atoms with Gasteiger partial charge in [-0.2, -0.15) is 0 Å². The molecule has 0 aromatic carbocycles. The third-order valence-corrected chi connectivity index (χ3v) is 3.82. The molecule has 0 fully saturated rings. The topological polar surface area (TPSA) is 60.2 Å². The Balaban J connectivity index is 3.19. The molecule has 3 N–H and O–H groups in total. The molecule has 1 aromatic rings. The molecular weight excluding hydrogens is 274 g/mol. The summed E-state index contributed by atoms with van der Waals surface area (Å²) in [5.41, 5.74) is 6.61. The zero-order chi connectivity index (χ0) is 15.2. The van der Waals surface area contributed by atoms with Crippen LogP contribution in [0.1, 0.15) is 52.1 Å². The standard InChI is InChI=1S/C15H26ClN3O/c1-5-8-18-13(15(4,6-2)20-7-3)12-9-11(16)10-19-14(12)17/h9-10,13,18H,5-8H2,1-4H3,(H2,17,19). The zero-order valence-corrected chi connectivity index (χ0v) is 13.6. The molecule has 114 valence electrons. The fraction of sp³-hybridized carbons (Fsp3) is 0.667. The molecule has 20 heavy (non-hydrogen) atoms. The van der Waals surface area contributed by atoms with E-state index in [1.807, 2.05) is 13.0 Å². The van der Waals surface area contributed by atoms with Crippen molar-refractivity contribution in [2.24, 2.45) is 0 Å². The summed E-state index contributed by atoms with van der Waals surface area (Å²) >= 11 is 6.08. The van der Waals surface area contributed by atoms with Gasteiger partial charge in [-0.05, 0) is 39.3 Å². The molecule has 0 aliphatic rings. The van der Waals surface area contributed by atoms with Crippen molar-refractivity contribution in [2.45, 2.75) is 52.2 Å². The van der Waals surface area contributed by atoms with Gasteiger partial charge in [-0.3, -0.25) is 0 Å². The first-order chi connectivity index (χ1) is 9.48. The SMILES string of the molecule is CCCNC(c1cc(Cl)cnc1N)C(C)(CC)OCC. The van der Waals surface area contributed by atoms with Gasteiger partial charge in [0.1, 0.15) is 5.82 Å². The lowest BCUT2D eigenvalue weighted by molar-refractivity contribution is -0.0561. The van der Waals surface area contributed by atoms with E-state index in [-0.39, 0.29) is 11.6 Å². The summed E-state index contributed by atoms with van der Waals surface area (Å²) in [6.45, 7) is 9.90. The number of nitrogens with one attached hydrogen (secondary N) is 1. The van der Waals surface area contributed by atoms with Gasteiger partial charge in [-0.25, -0.2) is 4.98 Å². The summed E-state index contributed by atoms with van der Waals surface area (Å²) in [4.78, 5) is 4.17. The molecule has 4 nitrogen and oxygen atoms in total. The molecular formula is C15H26ClN3O. The molecule has 0 spiro atoms. The van der Waals surface area contributed by atoms with Crippen LogP contribution in [0.2, 0.25) is 5.02 Å². The molecule has 5 heteroatoms. The number of ether oxygens (including phenoxy) is 1. The number of nitrogens with zero attached hydrogens (tertiary/aromatic N) is 1. The van der Waals surface area contributed by atoms with Crippen LogP contribution in [0.25, 0.3) is 0 Å². The van der Waals surface area contributed by atoms with Crippen LogP contribution in [0.15, 0.2) is 12.3 Å². The molecule has 2 unspecified atom stereocenters. The Kier molecular flexibility index (Phi) is 6.72. The molecule has 1 aromatic heterocycles. The molecule has 1 heterocycles. The van der Waals surface area contributed by atoms with Gasteiger partial charge in [0, 0.05) is 18.4 Å². The minimum atomic E-state index is -0.343. The second kappa shape index (κ2) is 7.81. The summed E-state index contributed by atoms with van der Waals surface area (Å²) in [6.07, 6.45) is 3.48. The van der Waals surface area contributed by atoms with Crippen LogP contribution in [0, 0.1) is 0 Å². The largest absolute Gasteiger partial charge is 0.383 e. The summed E-state index contributed by atoms with van der Waals surface area (Å²) in [7, 11) is 0. The minimum absolute atomic E-state index is 0.0291. The van der Waals surface area contributed by atoms with Crippen LogP contribution < -0.4 is 11.1 Å². The van der Waals surface area contributed by atoms with Crippen molar-refractivity contribution in [3.63, 3.8) is 0 Å². The van der Waals surface area contributed by atoms with E-state index in [2.05, 4.69) is 31.1 Å². The quantitative estimate of drug-likeness (QED) is 0.770. The number of aromatic nitrogens is 1. The summed E-state index contributed by atoms with van der Waals surface area (Å²) in [5.74, 6) is 0.502. The molecule has 0 bridgehead atoms. The van der Waals surface area contributed by atoms with Crippen molar-refractivity contribution in [2.75, 3.05) is 18.9 Å². The van der Waals surface area contributed by atoms with E-state index >= 15 is 0 Å². The van der Waals surface area contributed by atoms with Gasteiger partial charge in [-0.1, -0.05) is 25.4 Å². The van der Waals surface area contributed by atoms with Crippen LogP contribution >= 0.6 is 11.6 Å². The Bertz CT molecular complexity index is 428. The van der Waals surface area contributed by atoms with Crippen molar-refractivity contribution in [3.8, 4) is 0 Å². The summed E-state index contributed by atoms with van der Waals surface area (Å²) in [5, 5.41) is 4.12. The van der Waals surface area contributed by atoms with E-state index in [1.54, 1.807) is 6.20 Å². The molecule has 0 saturated carbocycles. The smallest absolute Gasteiger partial charge is 0.128 e. The first-order valence-electron chi connectivity index (χ1n) is 7.26. The minimum Gasteiger partial charge on any atom is -0.383 e. The Morgan fingerprint density at radius 3 is 2.70 bits per heavy atom. The molecule has 0 aliphatic heterocycles. The summed E-state index contributed by atoms with van der Waals surface area (Å²) in [6, 6.07) is 1.85. The van der Waals surface area contributed by atoms with Crippen molar-refractivity contribution in [1.82, 2.24) is 10.3 Å². The molecule has 0 amide bonds. The molecule has 2 atom stereocenters. The third kappa shape index (κ3) is 4.08. The van der Waals surface area contributed by atoms with Crippen molar-refractivity contribution in [1.29, 1.82) is 0 Å². The highest BCUT2D eigenvalue weighted by Gasteiger charge is 2.35. The third-order valence-electron chi connectivity index (χ3n) is 3.61. The second-order valence-electron chi connectivity index (χ2n) is 5.11. The van der Waals surface area contributed by atoms with Gasteiger partial charge in [0.15, 0.2) is 0 Å². The van der Waals surface area contributed by atoms with Crippen LogP contribution in [-0.2, 0) is 4.74 Å². The van der Waals surface area contributed by atoms with Crippen LogP contribution in [-0.4, -0.2) is 23.7 Å². The van der Waals surface area contributed by atoms with Crippen molar-refractivity contribution < 1.29 is 4.74 Å². The predicted octanol–water partition coefficient (Wildman–Crippen LogP) is 3.56. The van der Waals surface area contributed by atoms with Crippen LogP contribution in [0.5, 0.6) is 0 Å². The Morgan fingerprint density at radius 2 is 2.15 bits per heavy atom. The first kappa shape index (κ1) is 17.2. The number of pyridine rings is 1. The van der Waals surface area contributed by atoms with Gasteiger partial charge >= 0.3 is 0 Å². The van der Waals surface area contributed by atoms with Crippen LogP contribution in [0.3, 0.4) is 0 Å². The van der Waals surface area contributed by atoms with E-state index in [9.17, 15) is 0 Å². The van der Waals surface area contributed by atoms with Gasteiger partial charge in [-0.15, -0.1) is 0 Å². The number of rotatable bonds is 8. The first-order valence-corrected chi connectivity index (χ1v) is 7.64. The lowest BCUT2D eigenvalue weighted by Gasteiger charge is -2.38. The Morgan fingerprint density at radius 1 is 1.45 bits per heavy atom. The number of halogens is 1. The summed E-state index contributed by atoms with van der Waals surface area (Å²) < 4.78 is 6.00. The highest BCUT2D eigenvalue weighted by Crippen LogP contribution is 2.35. The fourth-order valence-electron chi connectivity index (χ4n) is 2.36. The van der Waals surface area contributed by atoms with E-state index < -0.39 is 0 Å². The number of hydrogen-bond donors (Lipinski definition) is 2. The van der Waals surface area contributed by atoms with Crippen molar-refractivity contribution in [3.05, 3.63) is 22.8 Å². The van der Waals surface area contributed by atoms with E-state index in [0.717, 1.165) is 24.9 Å². The average Bonchev–Trinajstić information content (AvgIpc) is 2.43. The maximum Gasteiger partial charge on any atom is 0.128 e. The Hall–Kier alpha value is -0.840. The maximum atomic E-state index is 6.08.